The first-order valence-electron chi connectivity index (χ1n) is 5.09. The summed E-state index contributed by atoms with van der Waals surface area (Å²) in [7, 11) is 1.48. The minimum Gasteiger partial charge on any atom is -0.408 e. The van der Waals surface area contributed by atoms with Crippen molar-refractivity contribution in [2.75, 3.05) is 19.0 Å². The number of anilines is 1. The molecule has 1 aliphatic carbocycles. The molecule has 0 radical (unpaired) electrons. The second-order valence-electron chi connectivity index (χ2n) is 3.77. The Kier molecular flexibility index (Phi) is 3.16. The summed E-state index contributed by atoms with van der Waals surface area (Å²) in [6, 6.07) is -0.639. The number of methoxy groups -OCH3 is 1. The molecule has 0 aromatic carbocycles. The molecule has 1 unspecified atom stereocenters. The highest BCUT2D eigenvalue weighted by molar-refractivity contribution is 5.92. The number of carbonyl (C=O) groups is 1. The highest BCUT2D eigenvalue weighted by atomic mass is 16.5. The second-order valence-corrected chi connectivity index (χ2v) is 3.77. The lowest BCUT2D eigenvalue weighted by molar-refractivity contribution is -0.118. The molecule has 1 aromatic heterocycles. The van der Waals surface area contributed by atoms with Crippen LogP contribution in [0.5, 0.6) is 0 Å². The molecule has 88 valence electrons. The Hall–Kier alpha value is -1.47. The van der Waals surface area contributed by atoms with Crippen molar-refractivity contribution in [1.29, 1.82) is 0 Å². The molecule has 0 bridgehead atoms. The van der Waals surface area contributed by atoms with Crippen LogP contribution in [-0.2, 0) is 9.53 Å². The summed E-state index contributed by atoms with van der Waals surface area (Å²) < 4.78 is 10.0. The van der Waals surface area contributed by atoms with Crippen LogP contribution in [0.15, 0.2) is 4.42 Å². The summed E-state index contributed by atoms with van der Waals surface area (Å²) in [5.74, 6) is 0.550. The van der Waals surface area contributed by atoms with E-state index in [1.54, 1.807) is 0 Å². The maximum Gasteiger partial charge on any atom is 0.322 e. The number of amides is 1. The number of nitrogens with two attached hydrogens (primary N) is 1. The molecule has 7 nitrogen and oxygen atoms in total. The van der Waals surface area contributed by atoms with Crippen LogP contribution >= 0.6 is 0 Å². The van der Waals surface area contributed by atoms with Gasteiger partial charge in [-0.3, -0.25) is 10.1 Å². The van der Waals surface area contributed by atoms with Gasteiger partial charge in [0.1, 0.15) is 6.04 Å². The van der Waals surface area contributed by atoms with E-state index < -0.39 is 11.9 Å². The first-order valence-corrected chi connectivity index (χ1v) is 5.09. The predicted molar refractivity (Wildman–Crippen MR) is 54.8 cm³/mol. The third kappa shape index (κ3) is 2.56. The Labute approximate surface area is 92.3 Å². The van der Waals surface area contributed by atoms with Crippen molar-refractivity contribution in [3.63, 3.8) is 0 Å². The number of hydrogen-bond acceptors (Lipinski definition) is 6. The number of rotatable bonds is 5. The number of ether oxygens (including phenoxy) is 1. The van der Waals surface area contributed by atoms with Crippen LogP contribution in [0.3, 0.4) is 0 Å². The van der Waals surface area contributed by atoms with Crippen LogP contribution in [0.2, 0.25) is 0 Å². The van der Waals surface area contributed by atoms with Gasteiger partial charge in [-0.1, -0.05) is 5.10 Å². The summed E-state index contributed by atoms with van der Waals surface area (Å²) in [5, 5.41) is 9.99. The van der Waals surface area contributed by atoms with Gasteiger partial charge < -0.3 is 14.9 Å². The van der Waals surface area contributed by atoms with Crippen LogP contribution in [0.4, 0.5) is 6.01 Å². The maximum atomic E-state index is 11.5. The van der Waals surface area contributed by atoms with Crippen LogP contribution in [0, 0.1) is 0 Å². The first kappa shape index (κ1) is 11.0. The van der Waals surface area contributed by atoms with E-state index in [9.17, 15) is 4.79 Å². The molecule has 0 aliphatic heterocycles. The Balaban J connectivity index is 1.89. The summed E-state index contributed by atoms with van der Waals surface area (Å²) in [4.78, 5) is 11.5. The third-order valence-corrected chi connectivity index (χ3v) is 2.28. The number of hydrogen-bond donors (Lipinski definition) is 2. The van der Waals surface area contributed by atoms with E-state index in [1.807, 2.05) is 0 Å². The summed E-state index contributed by atoms with van der Waals surface area (Å²) in [5.41, 5.74) is 5.53. The van der Waals surface area contributed by atoms with Crippen molar-refractivity contribution in [2.45, 2.75) is 24.8 Å². The quantitative estimate of drug-likeness (QED) is 0.724. The van der Waals surface area contributed by atoms with Crippen LogP contribution in [0.25, 0.3) is 0 Å². The Bertz CT molecular complexity index is 375. The minimum absolute atomic E-state index is 0.0958. The number of nitrogens with zero attached hydrogens (tertiary/aromatic N) is 2. The fourth-order valence-electron chi connectivity index (χ4n) is 1.23. The van der Waals surface area contributed by atoms with Gasteiger partial charge in [-0.2, -0.15) is 0 Å². The van der Waals surface area contributed by atoms with Gasteiger partial charge in [-0.05, 0) is 12.8 Å². The molecule has 1 amide bonds. The molecule has 1 saturated carbocycles. The van der Waals surface area contributed by atoms with E-state index in [0.29, 0.717) is 11.8 Å². The smallest absolute Gasteiger partial charge is 0.322 e. The molecule has 2 rings (SSSR count). The average molecular weight is 226 g/mol. The lowest BCUT2D eigenvalue weighted by Gasteiger charge is -2.07. The van der Waals surface area contributed by atoms with Gasteiger partial charge in [-0.25, -0.2) is 0 Å². The van der Waals surface area contributed by atoms with Crippen LogP contribution < -0.4 is 11.1 Å². The molecule has 3 N–H and O–H groups in total. The van der Waals surface area contributed by atoms with Crippen molar-refractivity contribution in [3.05, 3.63) is 5.89 Å². The predicted octanol–water partition coefficient (Wildman–Crippen LogP) is -0.141. The van der Waals surface area contributed by atoms with E-state index in [2.05, 4.69) is 15.5 Å². The number of nitrogens with one attached hydrogen (secondary N) is 1. The molecule has 16 heavy (non-hydrogen) atoms. The van der Waals surface area contributed by atoms with Crippen molar-refractivity contribution < 1.29 is 13.9 Å². The van der Waals surface area contributed by atoms with Crippen molar-refractivity contribution >= 4 is 11.9 Å². The van der Waals surface area contributed by atoms with Gasteiger partial charge >= 0.3 is 6.01 Å². The van der Waals surface area contributed by atoms with Crippen LogP contribution in [0.1, 0.15) is 24.7 Å². The Morgan fingerprint density at radius 1 is 1.69 bits per heavy atom. The van der Waals surface area contributed by atoms with Gasteiger partial charge in [0, 0.05) is 13.0 Å². The highest BCUT2D eigenvalue weighted by Gasteiger charge is 2.29. The molecule has 1 aromatic rings. The zero-order valence-corrected chi connectivity index (χ0v) is 8.97. The molecular formula is C9H14N4O3. The highest BCUT2D eigenvalue weighted by Crippen LogP contribution is 2.39. The fraction of sp³-hybridized carbons (Fsp3) is 0.667. The van der Waals surface area contributed by atoms with Gasteiger partial charge in [0.15, 0.2) is 0 Å². The maximum absolute atomic E-state index is 11.5. The van der Waals surface area contributed by atoms with Crippen molar-refractivity contribution in [1.82, 2.24) is 10.2 Å². The zero-order chi connectivity index (χ0) is 11.5. The lowest BCUT2D eigenvalue weighted by atomic mass is 10.3. The summed E-state index contributed by atoms with van der Waals surface area (Å²) >= 11 is 0. The monoisotopic (exact) mass is 226 g/mol. The SMILES string of the molecule is COCC(N)C(=O)Nc1nnc(C2CC2)o1. The molecule has 1 aliphatic rings. The van der Waals surface area contributed by atoms with E-state index >= 15 is 0 Å². The van der Waals surface area contributed by atoms with Crippen LogP contribution in [-0.4, -0.2) is 35.9 Å². The topological polar surface area (TPSA) is 103 Å². The summed E-state index contributed by atoms with van der Waals surface area (Å²) in [6.07, 6.45) is 2.14. The molecule has 7 heteroatoms. The largest absolute Gasteiger partial charge is 0.408 e. The molecule has 0 spiro atoms. The average Bonchev–Trinajstić information content (AvgIpc) is 3.01. The standard InChI is InChI=1S/C9H14N4O3/c1-15-4-6(10)7(14)11-9-13-12-8(16-9)5-2-3-5/h5-6H,2-4,10H2,1H3,(H,11,13,14). The summed E-state index contributed by atoms with van der Waals surface area (Å²) in [6.45, 7) is 0.148. The fourth-order valence-corrected chi connectivity index (χ4v) is 1.23. The van der Waals surface area contributed by atoms with E-state index in [-0.39, 0.29) is 12.6 Å². The lowest BCUT2D eigenvalue weighted by Crippen LogP contribution is -2.39. The molecule has 1 atom stereocenters. The van der Waals surface area contributed by atoms with Gasteiger partial charge in [0.05, 0.1) is 6.61 Å². The van der Waals surface area contributed by atoms with E-state index in [1.165, 1.54) is 7.11 Å². The second kappa shape index (κ2) is 4.58. The first-order chi connectivity index (χ1) is 7.70. The van der Waals surface area contributed by atoms with Crippen molar-refractivity contribution in [2.24, 2.45) is 5.73 Å². The minimum atomic E-state index is -0.735. The third-order valence-electron chi connectivity index (χ3n) is 2.28. The zero-order valence-electron chi connectivity index (χ0n) is 8.97. The normalized spacial score (nSPS) is 17.1. The van der Waals surface area contributed by atoms with E-state index in [0.717, 1.165) is 12.8 Å². The molecule has 1 fully saturated rings. The molecule has 1 heterocycles. The Morgan fingerprint density at radius 3 is 3.06 bits per heavy atom. The van der Waals surface area contributed by atoms with E-state index in [4.69, 9.17) is 14.9 Å². The Morgan fingerprint density at radius 2 is 2.44 bits per heavy atom. The number of aromatic nitrogens is 2. The van der Waals surface area contributed by atoms with Crippen molar-refractivity contribution in [3.8, 4) is 0 Å². The van der Waals surface area contributed by atoms with Gasteiger partial charge in [-0.15, -0.1) is 5.10 Å². The molecular weight excluding hydrogens is 212 g/mol. The van der Waals surface area contributed by atoms with Gasteiger partial charge in [0.25, 0.3) is 0 Å². The number of carbonyl (C=O) groups excluding carboxylic acids is 1. The molecule has 0 saturated heterocycles. The van der Waals surface area contributed by atoms with Gasteiger partial charge in [0.2, 0.25) is 11.8 Å².